The largest absolute Gasteiger partial charge is 0.495 e. The SMILES string of the molecule is COc1ccccc1NC(=O)Cc1cc(=O)c2ccccc2s1. The van der Waals surface area contributed by atoms with Crippen LogP contribution in [0.2, 0.25) is 0 Å². The summed E-state index contributed by atoms with van der Waals surface area (Å²) >= 11 is 1.46. The van der Waals surface area contributed by atoms with E-state index in [9.17, 15) is 9.59 Å². The van der Waals surface area contributed by atoms with E-state index in [4.69, 9.17) is 4.74 Å². The average molecular weight is 325 g/mol. The third-order valence-corrected chi connectivity index (χ3v) is 4.50. The summed E-state index contributed by atoms with van der Waals surface area (Å²) in [4.78, 5) is 25.1. The molecule has 1 N–H and O–H groups in total. The first-order valence-corrected chi connectivity index (χ1v) is 7.93. The van der Waals surface area contributed by atoms with Crippen molar-refractivity contribution in [2.45, 2.75) is 6.42 Å². The smallest absolute Gasteiger partial charge is 0.229 e. The van der Waals surface area contributed by atoms with Gasteiger partial charge < -0.3 is 10.1 Å². The summed E-state index contributed by atoms with van der Waals surface area (Å²) in [6, 6.07) is 16.2. The first kappa shape index (κ1) is 15.2. The summed E-state index contributed by atoms with van der Waals surface area (Å²) in [5.74, 6) is 0.424. The lowest BCUT2D eigenvalue weighted by atomic mass is 10.2. The molecule has 1 aromatic heterocycles. The van der Waals surface area contributed by atoms with Gasteiger partial charge in [-0.05, 0) is 30.3 Å². The number of fused-ring (bicyclic) bond motifs is 1. The van der Waals surface area contributed by atoms with Crippen molar-refractivity contribution >= 4 is 33.0 Å². The van der Waals surface area contributed by atoms with Crippen LogP contribution < -0.4 is 15.5 Å². The monoisotopic (exact) mass is 325 g/mol. The summed E-state index contributed by atoms with van der Waals surface area (Å²) in [5.41, 5.74) is 0.563. The van der Waals surface area contributed by atoms with E-state index >= 15 is 0 Å². The van der Waals surface area contributed by atoms with Crippen LogP contribution in [0.15, 0.2) is 59.4 Å². The molecule has 0 saturated carbocycles. The van der Waals surface area contributed by atoms with Crippen LogP contribution >= 0.6 is 11.3 Å². The Kier molecular flexibility index (Phi) is 4.39. The molecule has 4 nitrogen and oxygen atoms in total. The predicted octanol–water partition coefficient (Wildman–Crippen LogP) is 3.45. The molecule has 5 heteroatoms. The molecule has 3 rings (SSSR count). The number of carbonyl (C=O) groups excluding carboxylic acids is 1. The van der Waals surface area contributed by atoms with E-state index in [1.54, 1.807) is 25.3 Å². The van der Waals surface area contributed by atoms with Gasteiger partial charge in [0.2, 0.25) is 5.91 Å². The van der Waals surface area contributed by atoms with Crippen LogP contribution in [0.3, 0.4) is 0 Å². The molecule has 1 amide bonds. The normalized spacial score (nSPS) is 10.5. The van der Waals surface area contributed by atoms with Gasteiger partial charge in [-0.3, -0.25) is 9.59 Å². The maximum atomic E-state index is 12.2. The van der Waals surface area contributed by atoms with Crippen LogP contribution in [0.4, 0.5) is 5.69 Å². The Labute approximate surface area is 137 Å². The molecule has 116 valence electrons. The van der Waals surface area contributed by atoms with Gasteiger partial charge in [0.25, 0.3) is 0 Å². The highest BCUT2D eigenvalue weighted by molar-refractivity contribution is 7.18. The Morgan fingerprint density at radius 2 is 1.87 bits per heavy atom. The topological polar surface area (TPSA) is 55.4 Å². The molecule has 2 aromatic carbocycles. The second-order valence-corrected chi connectivity index (χ2v) is 6.17. The Bertz CT molecular complexity index is 917. The Balaban J connectivity index is 1.82. The maximum Gasteiger partial charge on any atom is 0.229 e. The molecule has 0 aliphatic heterocycles. The number of hydrogen-bond acceptors (Lipinski definition) is 4. The lowest BCUT2D eigenvalue weighted by molar-refractivity contribution is -0.115. The molecular formula is C18H15NO3S. The van der Waals surface area contributed by atoms with Crippen molar-refractivity contribution in [3.63, 3.8) is 0 Å². The molecule has 0 aliphatic carbocycles. The van der Waals surface area contributed by atoms with Crippen LogP contribution in [0.25, 0.3) is 10.1 Å². The van der Waals surface area contributed by atoms with Crippen molar-refractivity contribution in [2.75, 3.05) is 12.4 Å². The zero-order valence-corrected chi connectivity index (χ0v) is 13.4. The van der Waals surface area contributed by atoms with Gasteiger partial charge in [0.05, 0.1) is 19.2 Å². The first-order chi connectivity index (χ1) is 11.2. The summed E-state index contributed by atoms with van der Waals surface area (Å²) in [6.45, 7) is 0. The molecule has 23 heavy (non-hydrogen) atoms. The Morgan fingerprint density at radius 3 is 2.70 bits per heavy atom. The molecule has 0 radical (unpaired) electrons. The van der Waals surface area contributed by atoms with Gasteiger partial charge in [0, 0.05) is 15.0 Å². The van der Waals surface area contributed by atoms with E-state index in [0.717, 1.165) is 9.58 Å². The predicted molar refractivity (Wildman–Crippen MR) is 93.4 cm³/mol. The zero-order chi connectivity index (χ0) is 16.2. The number of nitrogens with one attached hydrogen (secondary N) is 1. The molecule has 0 atom stereocenters. The highest BCUT2D eigenvalue weighted by atomic mass is 32.1. The number of anilines is 1. The van der Waals surface area contributed by atoms with Gasteiger partial charge in [-0.15, -0.1) is 11.3 Å². The van der Waals surface area contributed by atoms with Crippen LogP contribution in [-0.2, 0) is 11.2 Å². The molecule has 0 bridgehead atoms. The molecule has 1 heterocycles. The quantitative estimate of drug-likeness (QED) is 0.799. The van der Waals surface area contributed by atoms with Crippen molar-refractivity contribution in [3.8, 4) is 5.75 Å². The minimum Gasteiger partial charge on any atom is -0.495 e. The molecule has 0 fully saturated rings. The van der Waals surface area contributed by atoms with E-state index in [-0.39, 0.29) is 17.8 Å². The van der Waals surface area contributed by atoms with Crippen LogP contribution in [0, 0.1) is 0 Å². The van der Waals surface area contributed by atoms with Gasteiger partial charge in [0.1, 0.15) is 5.75 Å². The molecule has 0 saturated heterocycles. The minimum atomic E-state index is -0.180. The maximum absolute atomic E-state index is 12.2. The summed E-state index contributed by atoms with van der Waals surface area (Å²) in [6.07, 6.45) is 0.156. The van der Waals surface area contributed by atoms with Crippen molar-refractivity contribution < 1.29 is 9.53 Å². The average Bonchev–Trinajstić information content (AvgIpc) is 2.55. The number of para-hydroxylation sites is 2. The number of ether oxygens (including phenoxy) is 1. The number of amides is 1. The van der Waals surface area contributed by atoms with E-state index in [1.165, 1.54) is 17.4 Å². The number of carbonyl (C=O) groups is 1. The molecular weight excluding hydrogens is 310 g/mol. The van der Waals surface area contributed by atoms with Gasteiger partial charge in [0.15, 0.2) is 5.43 Å². The lowest BCUT2D eigenvalue weighted by Crippen LogP contribution is -2.15. The van der Waals surface area contributed by atoms with Crippen LogP contribution in [-0.4, -0.2) is 13.0 Å². The lowest BCUT2D eigenvalue weighted by Gasteiger charge is -2.09. The standard InChI is InChI=1S/C18H15NO3S/c1-22-16-8-4-3-7-14(16)19-18(21)11-12-10-15(20)13-6-2-5-9-17(13)23-12/h2-10H,11H2,1H3,(H,19,21). The molecule has 0 unspecified atom stereocenters. The van der Waals surface area contributed by atoms with E-state index in [1.807, 2.05) is 30.3 Å². The van der Waals surface area contributed by atoms with Crippen molar-refractivity contribution in [1.29, 1.82) is 0 Å². The Morgan fingerprint density at radius 1 is 1.13 bits per heavy atom. The van der Waals surface area contributed by atoms with Gasteiger partial charge in [-0.25, -0.2) is 0 Å². The highest BCUT2D eigenvalue weighted by Crippen LogP contribution is 2.24. The van der Waals surface area contributed by atoms with Gasteiger partial charge in [-0.1, -0.05) is 24.3 Å². The van der Waals surface area contributed by atoms with Crippen molar-refractivity contribution in [3.05, 3.63) is 69.7 Å². The number of hydrogen-bond donors (Lipinski definition) is 1. The number of methoxy groups -OCH3 is 1. The van der Waals surface area contributed by atoms with E-state index in [0.29, 0.717) is 16.8 Å². The van der Waals surface area contributed by atoms with Crippen LogP contribution in [0.1, 0.15) is 4.88 Å². The fraction of sp³-hybridized carbons (Fsp3) is 0.111. The van der Waals surface area contributed by atoms with Gasteiger partial charge >= 0.3 is 0 Å². The second-order valence-electron chi connectivity index (χ2n) is 5.00. The van der Waals surface area contributed by atoms with Gasteiger partial charge in [-0.2, -0.15) is 0 Å². The minimum absolute atomic E-state index is 0.0561. The molecule has 3 aromatic rings. The van der Waals surface area contributed by atoms with Crippen molar-refractivity contribution in [1.82, 2.24) is 0 Å². The third-order valence-electron chi connectivity index (χ3n) is 3.40. The first-order valence-electron chi connectivity index (χ1n) is 7.12. The molecule has 0 aliphatic rings. The number of rotatable bonds is 4. The number of benzene rings is 2. The fourth-order valence-electron chi connectivity index (χ4n) is 2.34. The Hall–Kier alpha value is -2.66. The summed E-state index contributed by atoms with van der Waals surface area (Å²) < 4.78 is 6.10. The van der Waals surface area contributed by atoms with Crippen molar-refractivity contribution in [2.24, 2.45) is 0 Å². The summed E-state index contributed by atoms with van der Waals surface area (Å²) in [7, 11) is 1.56. The third kappa shape index (κ3) is 3.40. The zero-order valence-electron chi connectivity index (χ0n) is 12.5. The van der Waals surface area contributed by atoms with Crippen LogP contribution in [0.5, 0.6) is 5.75 Å². The second kappa shape index (κ2) is 6.62. The molecule has 0 spiro atoms. The summed E-state index contributed by atoms with van der Waals surface area (Å²) in [5, 5.41) is 3.50. The highest BCUT2D eigenvalue weighted by Gasteiger charge is 2.10. The van der Waals surface area contributed by atoms with E-state index in [2.05, 4.69) is 5.32 Å². The fourth-order valence-corrected chi connectivity index (χ4v) is 3.42. The van der Waals surface area contributed by atoms with E-state index < -0.39 is 0 Å².